The number of esters is 2. The number of hydrogen-bond donors (Lipinski definition) is 0. The molecule has 0 aromatic rings. The monoisotopic (exact) mass is 299 g/mol. The third-order valence-corrected chi connectivity index (χ3v) is 4.03. The number of methoxy groups -OCH3 is 1. The van der Waals surface area contributed by atoms with Gasteiger partial charge < -0.3 is 9.47 Å². The van der Waals surface area contributed by atoms with Crippen LogP contribution in [0, 0.1) is 0 Å². The molecule has 0 radical (unpaired) electrons. The Bertz CT molecular complexity index is 313. The molecule has 1 fully saturated rings. The van der Waals surface area contributed by atoms with Gasteiger partial charge in [0.25, 0.3) is 0 Å². The van der Waals surface area contributed by atoms with Gasteiger partial charge in [0.1, 0.15) is 0 Å². The summed E-state index contributed by atoms with van der Waals surface area (Å²) in [6.45, 7) is 3.57. The number of carbonyl (C=O) groups excluding carboxylic acids is 2. The Balaban J connectivity index is 2.22. The van der Waals surface area contributed by atoms with Gasteiger partial charge in [-0.3, -0.25) is 14.5 Å². The van der Waals surface area contributed by atoms with Crippen LogP contribution in [-0.4, -0.2) is 49.7 Å². The van der Waals surface area contributed by atoms with E-state index in [1.165, 1.54) is 32.8 Å². The van der Waals surface area contributed by atoms with Crippen LogP contribution in [-0.2, 0) is 19.1 Å². The van der Waals surface area contributed by atoms with Crippen molar-refractivity contribution in [3.8, 4) is 0 Å². The summed E-state index contributed by atoms with van der Waals surface area (Å²) in [6.07, 6.45) is 8.22. The molecule has 21 heavy (non-hydrogen) atoms. The molecule has 0 spiro atoms. The van der Waals surface area contributed by atoms with Gasteiger partial charge in [0.15, 0.2) is 0 Å². The van der Waals surface area contributed by atoms with Crippen molar-refractivity contribution < 1.29 is 19.1 Å². The van der Waals surface area contributed by atoms with Crippen LogP contribution in [0.3, 0.4) is 0 Å². The van der Waals surface area contributed by atoms with Gasteiger partial charge in [-0.2, -0.15) is 0 Å². The van der Waals surface area contributed by atoms with Crippen LogP contribution >= 0.6 is 0 Å². The van der Waals surface area contributed by atoms with E-state index in [2.05, 4.69) is 4.90 Å². The van der Waals surface area contributed by atoms with Gasteiger partial charge in [-0.15, -0.1) is 0 Å². The fourth-order valence-electron chi connectivity index (χ4n) is 2.88. The zero-order chi connectivity index (χ0) is 15.5. The molecule has 1 aliphatic carbocycles. The van der Waals surface area contributed by atoms with Gasteiger partial charge in [0, 0.05) is 12.5 Å². The number of hydrogen-bond acceptors (Lipinski definition) is 5. The van der Waals surface area contributed by atoms with E-state index in [0.717, 1.165) is 25.8 Å². The van der Waals surface area contributed by atoms with E-state index in [0.29, 0.717) is 25.6 Å². The molecular formula is C16H29NO4. The number of rotatable bonds is 10. The predicted molar refractivity (Wildman–Crippen MR) is 80.9 cm³/mol. The number of unbranched alkanes of at least 4 members (excludes halogenated alkanes) is 2. The van der Waals surface area contributed by atoms with Gasteiger partial charge in [-0.1, -0.05) is 19.3 Å². The molecule has 0 saturated heterocycles. The SMILES string of the molecule is CCOC(=O)CCCCCN(CC(=O)OC)C1CCCC1. The first kappa shape index (κ1) is 18.0. The van der Waals surface area contributed by atoms with Crippen LogP contribution in [0.1, 0.15) is 58.3 Å². The van der Waals surface area contributed by atoms with Crippen LogP contribution in [0.15, 0.2) is 0 Å². The quantitative estimate of drug-likeness (QED) is 0.458. The number of ether oxygens (including phenoxy) is 2. The Hall–Kier alpha value is -1.10. The van der Waals surface area contributed by atoms with Crippen LogP contribution < -0.4 is 0 Å². The first-order valence-corrected chi connectivity index (χ1v) is 8.13. The molecular weight excluding hydrogens is 270 g/mol. The van der Waals surface area contributed by atoms with Crippen molar-refractivity contribution >= 4 is 11.9 Å². The lowest BCUT2D eigenvalue weighted by Crippen LogP contribution is -2.38. The van der Waals surface area contributed by atoms with E-state index in [4.69, 9.17) is 9.47 Å². The maximum Gasteiger partial charge on any atom is 0.319 e. The summed E-state index contributed by atoms with van der Waals surface area (Å²) >= 11 is 0. The van der Waals surface area contributed by atoms with Crippen molar-refractivity contribution in [3.05, 3.63) is 0 Å². The Morgan fingerprint density at radius 2 is 1.81 bits per heavy atom. The zero-order valence-corrected chi connectivity index (χ0v) is 13.4. The van der Waals surface area contributed by atoms with E-state index in [-0.39, 0.29) is 11.9 Å². The summed E-state index contributed by atoms with van der Waals surface area (Å²) in [5.74, 6) is -0.270. The van der Waals surface area contributed by atoms with Crippen LogP contribution in [0.25, 0.3) is 0 Å². The van der Waals surface area contributed by atoms with Crippen molar-refractivity contribution in [1.82, 2.24) is 4.90 Å². The summed E-state index contributed by atoms with van der Waals surface area (Å²) in [5.41, 5.74) is 0. The molecule has 5 heteroatoms. The Labute approximate surface area is 128 Å². The molecule has 1 rings (SSSR count). The molecule has 0 aliphatic heterocycles. The first-order valence-electron chi connectivity index (χ1n) is 8.13. The molecule has 0 amide bonds. The van der Waals surface area contributed by atoms with Crippen LogP contribution in [0.5, 0.6) is 0 Å². The smallest absolute Gasteiger partial charge is 0.319 e. The van der Waals surface area contributed by atoms with E-state index in [1.807, 2.05) is 6.92 Å². The Kier molecular flexibility index (Phi) is 9.06. The van der Waals surface area contributed by atoms with Gasteiger partial charge in [0.2, 0.25) is 0 Å². The van der Waals surface area contributed by atoms with Gasteiger partial charge in [0.05, 0.1) is 20.3 Å². The largest absolute Gasteiger partial charge is 0.468 e. The molecule has 5 nitrogen and oxygen atoms in total. The van der Waals surface area contributed by atoms with Crippen molar-refractivity contribution in [1.29, 1.82) is 0 Å². The zero-order valence-electron chi connectivity index (χ0n) is 13.4. The van der Waals surface area contributed by atoms with Crippen LogP contribution in [0.2, 0.25) is 0 Å². The Morgan fingerprint density at radius 1 is 1.10 bits per heavy atom. The highest BCUT2D eigenvalue weighted by Crippen LogP contribution is 2.23. The second-order valence-corrected chi connectivity index (χ2v) is 5.60. The van der Waals surface area contributed by atoms with Crippen molar-refractivity contribution in [2.75, 3.05) is 26.8 Å². The normalized spacial score (nSPS) is 15.4. The van der Waals surface area contributed by atoms with E-state index < -0.39 is 0 Å². The number of nitrogens with zero attached hydrogens (tertiary/aromatic N) is 1. The predicted octanol–water partition coefficient (Wildman–Crippen LogP) is 2.53. The lowest BCUT2D eigenvalue weighted by molar-refractivity contribution is -0.143. The van der Waals surface area contributed by atoms with E-state index in [1.54, 1.807) is 0 Å². The fraction of sp³-hybridized carbons (Fsp3) is 0.875. The maximum atomic E-state index is 11.5. The number of carbonyl (C=O) groups is 2. The minimum absolute atomic E-state index is 0.111. The van der Waals surface area contributed by atoms with Crippen molar-refractivity contribution in [2.45, 2.75) is 64.3 Å². The molecule has 0 N–H and O–H groups in total. The van der Waals surface area contributed by atoms with Gasteiger partial charge in [-0.05, 0) is 39.2 Å². The molecule has 0 atom stereocenters. The standard InChI is InChI=1S/C16H29NO4/c1-3-21-15(18)11-5-4-8-12-17(13-16(19)20-2)14-9-6-7-10-14/h14H,3-13H2,1-2H3. The summed E-state index contributed by atoms with van der Waals surface area (Å²) in [6, 6.07) is 0.522. The highest BCUT2D eigenvalue weighted by Gasteiger charge is 2.24. The molecule has 0 aromatic heterocycles. The van der Waals surface area contributed by atoms with E-state index >= 15 is 0 Å². The highest BCUT2D eigenvalue weighted by molar-refractivity contribution is 5.71. The summed E-state index contributed by atoms with van der Waals surface area (Å²) < 4.78 is 9.69. The molecule has 0 heterocycles. The lowest BCUT2D eigenvalue weighted by Gasteiger charge is -2.27. The molecule has 0 unspecified atom stereocenters. The highest BCUT2D eigenvalue weighted by atomic mass is 16.5. The first-order chi connectivity index (χ1) is 10.2. The second-order valence-electron chi connectivity index (χ2n) is 5.60. The lowest BCUT2D eigenvalue weighted by atomic mass is 10.1. The minimum atomic E-state index is -0.159. The van der Waals surface area contributed by atoms with Crippen molar-refractivity contribution in [3.63, 3.8) is 0 Å². The topological polar surface area (TPSA) is 55.8 Å². The summed E-state index contributed by atoms with van der Waals surface area (Å²) in [5, 5.41) is 0. The molecule has 1 saturated carbocycles. The summed E-state index contributed by atoms with van der Waals surface area (Å²) in [7, 11) is 1.44. The molecule has 1 aliphatic rings. The average Bonchev–Trinajstić information content (AvgIpc) is 2.99. The third-order valence-electron chi connectivity index (χ3n) is 4.03. The average molecular weight is 299 g/mol. The molecule has 122 valence electrons. The third kappa shape index (κ3) is 7.46. The Morgan fingerprint density at radius 3 is 2.43 bits per heavy atom. The maximum absolute atomic E-state index is 11.5. The minimum Gasteiger partial charge on any atom is -0.468 e. The molecule has 0 bridgehead atoms. The van der Waals surface area contributed by atoms with Gasteiger partial charge in [-0.25, -0.2) is 0 Å². The fourth-order valence-corrected chi connectivity index (χ4v) is 2.88. The van der Waals surface area contributed by atoms with Crippen LogP contribution in [0.4, 0.5) is 0 Å². The second kappa shape index (κ2) is 10.6. The molecule has 0 aromatic carbocycles. The van der Waals surface area contributed by atoms with E-state index in [9.17, 15) is 9.59 Å². The van der Waals surface area contributed by atoms with Gasteiger partial charge >= 0.3 is 11.9 Å². The summed E-state index contributed by atoms with van der Waals surface area (Å²) in [4.78, 5) is 25.0. The van der Waals surface area contributed by atoms with Crippen molar-refractivity contribution in [2.24, 2.45) is 0 Å².